The van der Waals surface area contributed by atoms with Gasteiger partial charge in [-0.1, -0.05) is 40.2 Å². The summed E-state index contributed by atoms with van der Waals surface area (Å²) in [5, 5.41) is 0. The third-order valence-corrected chi connectivity index (χ3v) is 4.39. The number of carbonyl (C=O) groups excluding carboxylic acids is 1. The molecule has 0 amide bonds. The third kappa shape index (κ3) is 2.94. The molecule has 0 spiro atoms. The predicted octanol–water partition coefficient (Wildman–Crippen LogP) is 0.195. The number of halogens is 2. The lowest BCUT2D eigenvalue weighted by Gasteiger charge is -2.00. The van der Waals surface area contributed by atoms with Gasteiger partial charge in [-0.3, -0.25) is 4.79 Å². The van der Waals surface area contributed by atoms with Crippen LogP contribution in [0.15, 0.2) is 53.0 Å². The molecule has 0 aliphatic heterocycles. The van der Waals surface area contributed by atoms with Crippen LogP contribution in [0, 0.1) is 0 Å². The number of carbonyl (C=O) groups is 1. The topological polar surface area (TPSA) is 25.9 Å². The number of imidazole rings is 1. The number of aromatic nitrogens is 2. The molecule has 2 aromatic carbocycles. The summed E-state index contributed by atoms with van der Waals surface area (Å²) in [6.07, 6.45) is 0.392. The van der Waals surface area contributed by atoms with Crippen molar-refractivity contribution >= 4 is 32.7 Å². The van der Waals surface area contributed by atoms with Crippen molar-refractivity contribution in [1.29, 1.82) is 0 Å². The Bertz CT molecular complexity index is 786. The quantitative estimate of drug-likeness (QED) is 0.471. The molecule has 3 nitrogen and oxygen atoms in total. The molecule has 0 saturated carbocycles. The van der Waals surface area contributed by atoms with Crippen LogP contribution in [0.1, 0.15) is 16.2 Å². The maximum atomic E-state index is 12.5. The minimum Gasteiger partial charge on any atom is -1.00 e. The van der Waals surface area contributed by atoms with Crippen LogP contribution in [0.2, 0.25) is 0 Å². The van der Waals surface area contributed by atoms with Gasteiger partial charge in [-0.05, 0) is 24.3 Å². The van der Waals surface area contributed by atoms with Gasteiger partial charge in [0.1, 0.15) is 6.42 Å². The first-order chi connectivity index (χ1) is 10.1. The zero-order valence-corrected chi connectivity index (χ0v) is 14.7. The third-order valence-electron chi connectivity index (χ3n) is 3.86. The van der Waals surface area contributed by atoms with E-state index in [0.29, 0.717) is 6.42 Å². The van der Waals surface area contributed by atoms with Crippen molar-refractivity contribution in [3.63, 3.8) is 0 Å². The van der Waals surface area contributed by atoms with E-state index in [-0.39, 0.29) is 18.2 Å². The molecular formula is C17H16BrClN2O. The van der Waals surface area contributed by atoms with E-state index in [0.717, 1.165) is 26.9 Å². The standard InChI is InChI=1S/C17H16BrN2O.ClH/c1-19-14-5-3-4-6-15(14)20(2)17(19)11-16(21)12-7-9-13(18)10-8-12;/h3-10H,11H2,1-2H3;1H/q+1;/p-1. The highest BCUT2D eigenvalue weighted by atomic mass is 79.9. The number of hydrogen-bond acceptors (Lipinski definition) is 1. The Hall–Kier alpha value is -1.65. The highest BCUT2D eigenvalue weighted by Crippen LogP contribution is 2.15. The monoisotopic (exact) mass is 378 g/mol. The normalized spacial score (nSPS) is 10.5. The predicted molar refractivity (Wildman–Crippen MR) is 86.3 cm³/mol. The van der Waals surface area contributed by atoms with E-state index < -0.39 is 0 Å². The van der Waals surface area contributed by atoms with Crippen molar-refractivity contribution < 1.29 is 21.8 Å². The van der Waals surface area contributed by atoms with Gasteiger partial charge >= 0.3 is 0 Å². The van der Waals surface area contributed by atoms with Crippen molar-refractivity contribution in [2.75, 3.05) is 0 Å². The molecule has 3 aromatic rings. The van der Waals surface area contributed by atoms with E-state index >= 15 is 0 Å². The summed E-state index contributed by atoms with van der Waals surface area (Å²) in [6.45, 7) is 0. The molecule has 0 radical (unpaired) electrons. The molecule has 0 unspecified atom stereocenters. The fraction of sp³-hybridized carbons (Fsp3) is 0.176. The van der Waals surface area contributed by atoms with Crippen LogP contribution < -0.4 is 17.0 Å². The van der Waals surface area contributed by atoms with Gasteiger partial charge in [-0.2, -0.15) is 0 Å². The second-order valence-electron chi connectivity index (χ2n) is 5.13. The lowest BCUT2D eigenvalue weighted by atomic mass is 10.1. The van der Waals surface area contributed by atoms with Crippen LogP contribution >= 0.6 is 15.9 Å². The fourth-order valence-corrected chi connectivity index (χ4v) is 2.92. The molecule has 0 bridgehead atoms. The Morgan fingerprint density at radius 3 is 2.41 bits per heavy atom. The molecule has 1 aromatic heterocycles. The van der Waals surface area contributed by atoms with Gasteiger partial charge in [0.2, 0.25) is 0 Å². The smallest absolute Gasteiger partial charge is 0.264 e. The zero-order chi connectivity index (χ0) is 15.0. The number of benzene rings is 2. The minimum absolute atomic E-state index is 0. The zero-order valence-electron chi connectivity index (χ0n) is 12.4. The van der Waals surface area contributed by atoms with E-state index in [1.54, 1.807) is 0 Å². The van der Waals surface area contributed by atoms with Crippen LogP contribution in [0.25, 0.3) is 11.0 Å². The summed E-state index contributed by atoms with van der Waals surface area (Å²) in [5.41, 5.74) is 3.01. The van der Waals surface area contributed by atoms with Crippen molar-refractivity contribution in [2.45, 2.75) is 6.42 Å². The summed E-state index contributed by atoms with van der Waals surface area (Å²) in [5.74, 6) is 1.13. The van der Waals surface area contributed by atoms with Gasteiger partial charge in [-0.15, -0.1) is 0 Å². The SMILES string of the molecule is Cn1c(CC(=O)c2ccc(Br)cc2)[n+](C)c2ccccc21.[Cl-]. The number of hydrogen-bond donors (Lipinski definition) is 0. The van der Waals surface area contributed by atoms with Crippen molar-refractivity contribution in [2.24, 2.45) is 14.1 Å². The van der Waals surface area contributed by atoms with Crippen LogP contribution in [0.5, 0.6) is 0 Å². The maximum absolute atomic E-state index is 12.5. The Balaban J connectivity index is 0.00000176. The molecule has 5 heteroatoms. The van der Waals surface area contributed by atoms with Crippen LogP contribution in [0.4, 0.5) is 0 Å². The van der Waals surface area contributed by atoms with Gasteiger partial charge in [0.25, 0.3) is 5.82 Å². The van der Waals surface area contributed by atoms with Crippen molar-refractivity contribution in [3.05, 3.63) is 64.4 Å². The molecule has 1 heterocycles. The number of rotatable bonds is 3. The Labute approximate surface area is 144 Å². The summed E-state index contributed by atoms with van der Waals surface area (Å²) >= 11 is 3.39. The molecule has 0 atom stereocenters. The summed E-state index contributed by atoms with van der Waals surface area (Å²) in [6, 6.07) is 15.7. The lowest BCUT2D eigenvalue weighted by Crippen LogP contribution is -3.00. The Morgan fingerprint density at radius 1 is 1.14 bits per heavy atom. The highest BCUT2D eigenvalue weighted by molar-refractivity contribution is 9.10. The molecule has 114 valence electrons. The molecule has 0 aliphatic carbocycles. The Kier molecular flexibility index (Phi) is 5.04. The largest absolute Gasteiger partial charge is 1.00 e. The van der Waals surface area contributed by atoms with Crippen molar-refractivity contribution in [3.8, 4) is 0 Å². The highest BCUT2D eigenvalue weighted by Gasteiger charge is 2.22. The van der Waals surface area contributed by atoms with Crippen LogP contribution in [0.3, 0.4) is 0 Å². The number of para-hydroxylation sites is 2. The molecular weight excluding hydrogens is 364 g/mol. The second-order valence-corrected chi connectivity index (χ2v) is 6.05. The molecule has 0 fully saturated rings. The van der Waals surface area contributed by atoms with Gasteiger partial charge < -0.3 is 12.4 Å². The molecule has 0 saturated heterocycles. The first kappa shape index (κ1) is 16.7. The number of aryl methyl sites for hydroxylation is 2. The van der Waals surface area contributed by atoms with E-state index in [2.05, 4.69) is 37.2 Å². The van der Waals surface area contributed by atoms with Gasteiger partial charge in [0, 0.05) is 10.0 Å². The summed E-state index contributed by atoms with van der Waals surface area (Å²) in [7, 11) is 4.01. The summed E-state index contributed by atoms with van der Waals surface area (Å²) < 4.78 is 5.16. The average Bonchev–Trinajstić information content (AvgIpc) is 2.73. The minimum atomic E-state index is 0. The first-order valence-electron chi connectivity index (χ1n) is 6.79. The molecule has 3 rings (SSSR count). The van der Waals surface area contributed by atoms with Crippen molar-refractivity contribution in [1.82, 2.24) is 4.57 Å². The second kappa shape index (κ2) is 6.63. The van der Waals surface area contributed by atoms with Crippen LogP contribution in [-0.2, 0) is 20.5 Å². The van der Waals surface area contributed by atoms with Gasteiger partial charge in [0.15, 0.2) is 16.8 Å². The van der Waals surface area contributed by atoms with E-state index in [1.165, 1.54) is 0 Å². The van der Waals surface area contributed by atoms with E-state index in [1.807, 2.05) is 50.5 Å². The van der Waals surface area contributed by atoms with Gasteiger partial charge in [0.05, 0.1) is 14.1 Å². The summed E-state index contributed by atoms with van der Waals surface area (Å²) in [4.78, 5) is 12.5. The molecule has 0 N–H and O–H groups in total. The number of fused-ring (bicyclic) bond motifs is 1. The van der Waals surface area contributed by atoms with Crippen LogP contribution in [-0.4, -0.2) is 10.4 Å². The lowest BCUT2D eigenvalue weighted by molar-refractivity contribution is -0.653. The maximum Gasteiger partial charge on any atom is 0.264 e. The van der Waals surface area contributed by atoms with E-state index in [9.17, 15) is 4.79 Å². The molecule has 22 heavy (non-hydrogen) atoms. The molecule has 0 aliphatic rings. The van der Waals surface area contributed by atoms with E-state index in [4.69, 9.17) is 0 Å². The van der Waals surface area contributed by atoms with Gasteiger partial charge in [-0.25, -0.2) is 9.13 Å². The number of ketones is 1. The number of nitrogens with zero attached hydrogens (tertiary/aromatic N) is 2. The Morgan fingerprint density at radius 2 is 1.77 bits per heavy atom. The average molecular weight is 380 g/mol. The first-order valence-corrected chi connectivity index (χ1v) is 7.58. The fourth-order valence-electron chi connectivity index (χ4n) is 2.65. The number of Topliss-reactive ketones (excluding diaryl/α,β-unsaturated/α-hetero) is 1.